The van der Waals surface area contributed by atoms with Gasteiger partial charge in [0.15, 0.2) is 5.82 Å². The maximum absolute atomic E-state index is 5.85. The number of tetrazole rings is 1. The first kappa shape index (κ1) is 13.5. The topological polar surface area (TPSA) is 72.9 Å². The van der Waals surface area contributed by atoms with Crippen LogP contribution in [0.2, 0.25) is 0 Å². The maximum atomic E-state index is 5.85. The molecule has 1 aromatic carbocycles. The molecule has 0 aliphatic rings. The first-order valence-electron chi connectivity index (χ1n) is 6.56. The molecule has 1 heterocycles. The van der Waals surface area contributed by atoms with Crippen molar-refractivity contribution in [1.29, 1.82) is 0 Å². The second-order valence-electron chi connectivity index (χ2n) is 4.43. The Morgan fingerprint density at radius 3 is 2.37 bits per heavy atom. The van der Waals surface area contributed by atoms with E-state index in [9.17, 15) is 0 Å². The molecule has 0 fully saturated rings. The van der Waals surface area contributed by atoms with Crippen molar-refractivity contribution in [2.24, 2.45) is 5.73 Å². The molecular formula is C13H20N6. The predicted molar refractivity (Wildman–Crippen MR) is 75.3 cm³/mol. The summed E-state index contributed by atoms with van der Waals surface area (Å²) in [6.07, 6.45) is 0. The van der Waals surface area contributed by atoms with Gasteiger partial charge in [-0.3, -0.25) is 0 Å². The Morgan fingerprint density at radius 1 is 1.21 bits per heavy atom. The van der Waals surface area contributed by atoms with E-state index in [4.69, 9.17) is 5.73 Å². The lowest BCUT2D eigenvalue weighted by Gasteiger charge is -2.21. The van der Waals surface area contributed by atoms with Crippen molar-refractivity contribution in [1.82, 2.24) is 20.2 Å². The van der Waals surface area contributed by atoms with Gasteiger partial charge in [0.25, 0.3) is 0 Å². The summed E-state index contributed by atoms with van der Waals surface area (Å²) in [5.74, 6) is 0.663. The van der Waals surface area contributed by atoms with Gasteiger partial charge >= 0.3 is 0 Å². The minimum Gasteiger partial charge on any atom is -0.372 e. The van der Waals surface area contributed by atoms with Crippen LogP contribution < -0.4 is 10.6 Å². The highest BCUT2D eigenvalue weighted by molar-refractivity contribution is 5.50. The van der Waals surface area contributed by atoms with Crippen LogP contribution in [0.3, 0.4) is 0 Å². The summed E-state index contributed by atoms with van der Waals surface area (Å²) in [6.45, 7) is 8.14. The lowest BCUT2D eigenvalue weighted by atomic mass is 10.2. The first-order valence-corrected chi connectivity index (χ1v) is 6.56. The fourth-order valence-electron chi connectivity index (χ4n) is 2.06. The van der Waals surface area contributed by atoms with Crippen LogP contribution in [0.4, 0.5) is 5.69 Å². The van der Waals surface area contributed by atoms with Gasteiger partial charge < -0.3 is 10.6 Å². The van der Waals surface area contributed by atoms with Crippen LogP contribution in [0.5, 0.6) is 0 Å². The zero-order chi connectivity index (χ0) is 13.8. The average Bonchev–Trinajstić information content (AvgIpc) is 2.90. The number of hydrogen-bond donors (Lipinski definition) is 1. The van der Waals surface area contributed by atoms with Crippen molar-refractivity contribution in [2.45, 2.75) is 26.8 Å². The number of benzene rings is 1. The minimum absolute atomic E-state index is 0.197. The Balaban J connectivity index is 2.30. The van der Waals surface area contributed by atoms with Crippen molar-refractivity contribution in [2.75, 3.05) is 18.0 Å². The molecule has 1 aromatic heterocycles. The first-order chi connectivity index (χ1) is 9.17. The third kappa shape index (κ3) is 2.73. The molecule has 0 radical (unpaired) electrons. The normalized spacial score (nSPS) is 12.4. The van der Waals surface area contributed by atoms with Gasteiger partial charge in [0.1, 0.15) is 0 Å². The van der Waals surface area contributed by atoms with Gasteiger partial charge in [-0.1, -0.05) is 0 Å². The summed E-state index contributed by atoms with van der Waals surface area (Å²) < 4.78 is 1.68. The van der Waals surface area contributed by atoms with E-state index >= 15 is 0 Å². The molecule has 19 heavy (non-hydrogen) atoms. The number of hydrogen-bond acceptors (Lipinski definition) is 5. The van der Waals surface area contributed by atoms with Crippen LogP contribution in [0, 0.1) is 0 Å². The molecule has 2 rings (SSSR count). The molecule has 1 unspecified atom stereocenters. The largest absolute Gasteiger partial charge is 0.372 e. The minimum atomic E-state index is -0.197. The van der Waals surface area contributed by atoms with Crippen molar-refractivity contribution in [3.63, 3.8) is 0 Å². The van der Waals surface area contributed by atoms with Gasteiger partial charge in [0.05, 0.1) is 11.7 Å². The van der Waals surface area contributed by atoms with Gasteiger partial charge in [-0.05, 0) is 55.5 Å². The van der Waals surface area contributed by atoms with E-state index in [1.54, 1.807) is 4.68 Å². The van der Waals surface area contributed by atoms with E-state index in [1.165, 1.54) is 5.69 Å². The SMILES string of the molecule is CCN(CC)c1ccc(-n2nnnc2C(C)N)cc1. The Kier molecular flexibility index (Phi) is 4.11. The summed E-state index contributed by atoms with van der Waals surface area (Å²) in [4.78, 5) is 2.29. The summed E-state index contributed by atoms with van der Waals surface area (Å²) in [5.41, 5.74) is 7.97. The monoisotopic (exact) mass is 260 g/mol. The molecule has 0 amide bonds. The summed E-state index contributed by atoms with van der Waals surface area (Å²) >= 11 is 0. The molecular weight excluding hydrogens is 240 g/mol. The van der Waals surface area contributed by atoms with Crippen LogP contribution in [0.1, 0.15) is 32.6 Å². The zero-order valence-corrected chi connectivity index (χ0v) is 11.6. The molecule has 0 aliphatic carbocycles. The highest BCUT2D eigenvalue weighted by Gasteiger charge is 2.12. The summed E-state index contributed by atoms with van der Waals surface area (Å²) in [7, 11) is 0. The average molecular weight is 260 g/mol. The molecule has 2 aromatic rings. The highest BCUT2D eigenvalue weighted by Crippen LogP contribution is 2.18. The van der Waals surface area contributed by atoms with E-state index in [-0.39, 0.29) is 6.04 Å². The highest BCUT2D eigenvalue weighted by atomic mass is 15.5. The molecule has 102 valence electrons. The van der Waals surface area contributed by atoms with Crippen LogP contribution >= 0.6 is 0 Å². The summed E-state index contributed by atoms with van der Waals surface area (Å²) in [5, 5.41) is 11.6. The molecule has 6 nitrogen and oxygen atoms in total. The van der Waals surface area contributed by atoms with Crippen LogP contribution in [0.15, 0.2) is 24.3 Å². The lowest BCUT2D eigenvalue weighted by molar-refractivity contribution is 0.688. The Labute approximate surface area is 113 Å². The third-order valence-electron chi connectivity index (χ3n) is 3.12. The van der Waals surface area contributed by atoms with E-state index in [2.05, 4.69) is 46.4 Å². The molecule has 0 saturated heterocycles. The Hall–Kier alpha value is -1.95. The molecule has 1 atom stereocenters. The molecule has 0 aliphatic heterocycles. The lowest BCUT2D eigenvalue weighted by Crippen LogP contribution is -2.21. The zero-order valence-electron chi connectivity index (χ0n) is 11.6. The van der Waals surface area contributed by atoms with Gasteiger partial charge in [-0.25, -0.2) is 0 Å². The second kappa shape index (κ2) is 5.79. The number of rotatable bonds is 5. The van der Waals surface area contributed by atoms with Gasteiger partial charge in [0, 0.05) is 18.8 Å². The third-order valence-corrected chi connectivity index (χ3v) is 3.12. The van der Waals surface area contributed by atoms with Crippen molar-refractivity contribution < 1.29 is 0 Å². The molecule has 0 saturated carbocycles. The fraction of sp³-hybridized carbons (Fsp3) is 0.462. The van der Waals surface area contributed by atoms with Crippen LogP contribution in [0.25, 0.3) is 5.69 Å². The second-order valence-corrected chi connectivity index (χ2v) is 4.43. The quantitative estimate of drug-likeness (QED) is 0.882. The van der Waals surface area contributed by atoms with E-state index < -0.39 is 0 Å². The number of anilines is 1. The van der Waals surface area contributed by atoms with Crippen molar-refractivity contribution in [3.8, 4) is 5.69 Å². The van der Waals surface area contributed by atoms with Gasteiger partial charge in [-0.15, -0.1) is 5.10 Å². The number of aromatic nitrogens is 4. The summed E-state index contributed by atoms with van der Waals surface area (Å²) in [6, 6.07) is 7.98. The molecule has 0 bridgehead atoms. The van der Waals surface area contributed by atoms with Gasteiger partial charge in [0.2, 0.25) is 0 Å². The molecule has 6 heteroatoms. The van der Waals surface area contributed by atoms with E-state index in [0.29, 0.717) is 5.82 Å². The predicted octanol–water partition coefficient (Wildman–Crippen LogP) is 1.53. The molecule has 2 N–H and O–H groups in total. The van der Waals surface area contributed by atoms with Crippen molar-refractivity contribution >= 4 is 5.69 Å². The van der Waals surface area contributed by atoms with Gasteiger partial charge in [-0.2, -0.15) is 4.68 Å². The Bertz CT molecular complexity index is 512. The smallest absolute Gasteiger partial charge is 0.173 e. The fourth-order valence-corrected chi connectivity index (χ4v) is 2.06. The molecule has 0 spiro atoms. The standard InChI is InChI=1S/C13H20N6/c1-4-18(5-2)11-6-8-12(9-7-11)19-13(10(3)14)15-16-17-19/h6-10H,4-5,14H2,1-3H3. The van der Waals surface area contributed by atoms with E-state index in [1.807, 2.05) is 19.1 Å². The Morgan fingerprint density at radius 2 is 1.84 bits per heavy atom. The number of nitrogens with zero attached hydrogens (tertiary/aromatic N) is 5. The van der Waals surface area contributed by atoms with Crippen LogP contribution in [-0.2, 0) is 0 Å². The maximum Gasteiger partial charge on any atom is 0.173 e. The van der Waals surface area contributed by atoms with E-state index in [0.717, 1.165) is 18.8 Å². The van der Waals surface area contributed by atoms with Crippen LogP contribution in [-0.4, -0.2) is 33.3 Å². The number of nitrogens with two attached hydrogens (primary N) is 1. The van der Waals surface area contributed by atoms with Crippen molar-refractivity contribution in [3.05, 3.63) is 30.1 Å².